The van der Waals surface area contributed by atoms with Gasteiger partial charge in [-0.05, 0) is 109 Å². The minimum Gasteiger partial charge on any atom is -0.208 e. The first-order valence-corrected chi connectivity index (χ1v) is 21.3. The molecule has 4 aromatic heterocycles. The van der Waals surface area contributed by atoms with Crippen molar-refractivity contribution in [3.63, 3.8) is 0 Å². The maximum atomic E-state index is 13.9. The van der Waals surface area contributed by atoms with Crippen LogP contribution in [-0.4, -0.2) is 0 Å². The largest absolute Gasteiger partial charge is 0.416 e. The average Bonchev–Trinajstić information content (AvgIpc) is 3.31. The summed E-state index contributed by atoms with van der Waals surface area (Å²) in [6.07, 6.45) is -1.31. The fraction of sp³-hybridized carbons (Fsp3) is 0.107. The quantitative estimate of drug-likeness (QED) is 0.107. The van der Waals surface area contributed by atoms with Crippen LogP contribution in [0.15, 0.2) is 195 Å². The molecular weight excluding hydrogens is 843 g/mol. The normalized spacial score (nSPS) is 11.8. The van der Waals surface area contributed by atoms with Crippen LogP contribution in [0, 0.1) is 13.8 Å². The van der Waals surface area contributed by atoms with Crippen LogP contribution in [0.5, 0.6) is 0 Å². The van der Waals surface area contributed by atoms with Crippen LogP contribution in [0.25, 0.3) is 78.7 Å². The van der Waals surface area contributed by atoms with Crippen molar-refractivity contribution in [1.82, 2.24) is 0 Å². The Balaban J connectivity index is 1.30. The van der Waals surface area contributed by atoms with Crippen molar-refractivity contribution in [2.75, 3.05) is 0 Å². The minimum atomic E-state index is -4.55. The summed E-state index contributed by atoms with van der Waals surface area (Å²) >= 11 is 0. The summed E-state index contributed by atoms with van der Waals surface area (Å²) in [5, 5.41) is 0. The summed E-state index contributed by atoms with van der Waals surface area (Å²) in [6.45, 7) is 4.10. The zero-order valence-corrected chi connectivity index (χ0v) is 36.5. The second-order valence-corrected chi connectivity index (χ2v) is 16.6. The molecule has 66 heavy (non-hydrogen) atoms. The van der Waals surface area contributed by atoms with E-state index in [0.717, 1.165) is 85.8 Å². The van der Waals surface area contributed by atoms with Crippen molar-refractivity contribution >= 4 is 0 Å². The number of hydrogen-bond acceptors (Lipinski definition) is 0. The Labute approximate surface area is 379 Å². The van der Waals surface area contributed by atoms with Gasteiger partial charge in [-0.15, -0.1) is 0 Å². The fourth-order valence-corrected chi connectivity index (χ4v) is 8.18. The molecule has 0 aliphatic heterocycles. The van der Waals surface area contributed by atoms with Crippen molar-refractivity contribution in [3.8, 4) is 78.7 Å². The lowest BCUT2D eigenvalue weighted by atomic mass is 9.97. The molecule has 0 unspecified atom stereocenters. The highest BCUT2D eigenvalue weighted by Crippen LogP contribution is 2.36. The third-order valence-electron chi connectivity index (χ3n) is 11.8. The molecule has 0 fully saturated rings. The molecule has 9 aromatic rings. The van der Waals surface area contributed by atoms with Gasteiger partial charge in [0.25, 0.3) is 0 Å². The summed E-state index contributed by atoms with van der Waals surface area (Å²) in [5.74, 6) is 0. The van der Waals surface area contributed by atoms with Crippen molar-refractivity contribution in [1.29, 1.82) is 0 Å². The van der Waals surface area contributed by atoms with E-state index in [1.54, 1.807) is 0 Å². The van der Waals surface area contributed by atoms with Crippen LogP contribution in [-0.2, 0) is 26.4 Å². The molecule has 0 saturated heterocycles. The highest BCUT2D eigenvalue weighted by molar-refractivity contribution is 5.76. The molecule has 0 amide bonds. The van der Waals surface area contributed by atoms with Crippen LogP contribution in [0.4, 0.5) is 26.3 Å². The molecule has 10 heteroatoms. The molecule has 0 N–H and O–H groups in total. The molecule has 9 rings (SSSR count). The molecule has 4 heterocycles. The van der Waals surface area contributed by atoms with Gasteiger partial charge in [0, 0.05) is 95.1 Å². The second kappa shape index (κ2) is 17.3. The number of halogens is 6. The number of pyridine rings is 4. The van der Waals surface area contributed by atoms with Gasteiger partial charge in [0.2, 0.25) is 34.2 Å². The number of aromatic nitrogens is 4. The van der Waals surface area contributed by atoms with Gasteiger partial charge in [-0.2, -0.15) is 35.5 Å². The summed E-state index contributed by atoms with van der Waals surface area (Å²) in [5.41, 5.74) is 11.6. The monoisotopic (exact) mass is 886 g/mol. The maximum absolute atomic E-state index is 13.9. The molecule has 0 saturated carbocycles. The van der Waals surface area contributed by atoms with Crippen LogP contribution in [0.2, 0.25) is 0 Å². The highest BCUT2D eigenvalue weighted by atomic mass is 19.4. The van der Waals surface area contributed by atoms with Gasteiger partial charge in [-0.1, -0.05) is 35.4 Å². The van der Waals surface area contributed by atoms with Crippen LogP contribution in [0.3, 0.4) is 0 Å². The summed E-state index contributed by atoms with van der Waals surface area (Å²) in [4.78, 5) is 0. The van der Waals surface area contributed by atoms with Gasteiger partial charge >= 0.3 is 12.4 Å². The standard InChI is InChI=1S/C56H44F6N4/c1-37-5-9-41(10-6-37)51-33-45(39-25-29-63(3)30-26-39)34-52(42-11-7-38(2)8-12-42)65(51)49-21-23-50(24-22-49)66-53(43-13-17-47(18-14-43)55(57,58)59)35-46(40-27-31-64(4)32-28-40)36-54(66)44-15-19-48(20-16-44)56(60,61)62/h5-36H,1-4H3/q+4. The van der Waals surface area contributed by atoms with Crippen LogP contribution < -0.4 is 18.3 Å². The maximum Gasteiger partial charge on any atom is 0.416 e. The van der Waals surface area contributed by atoms with Gasteiger partial charge < -0.3 is 0 Å². The van der Waals surface area contributed by atoms with Crippen molar-refractivity contribution in [2.24, 2.45) is 14.1 Å². The molecule has 5 aromatic carbocycles. The first-order valence-electron chi connectivity index (χ1n) is 21.3. The lowest BCUT2D eigenvalue weighted by Gasteiger charge is -2.15. The number of alkyl halides is 6. The fourth-order valence-electron chi connectivity index (χ4n) is 8.18. The molecule has 326 valence electrons. The van der Waals surface area contributed by atoms with Crippen LogP contribution in [0.1, 0.15) is 22.3 Å². The Kier molecular flexibility index (Phi) is 11.4. The van der Waals surface area contributed by atoms with Crippen LogP contribution >= 0.6 is 0 Å². The van der Waals surface area contributed by atoms with Gasteiger partial charge in [-0.25, -0.2) is 9.13 Å². The number of hydrogen-bond donors (Lipinski definition) is 0. The minimum absolute atomic E-state index is 0.478. The lowest BCUT2D eigenvalue weighted by molar-refractivity contribution is -0.671. The molecule has 0 aliphatic rings. The molecule has 0 radical (unpaired) electrons. The van der Waals surface area contributed by atoms with E-state index in [0.29, 0.717) is 28.2 Å². The Morgan fingerprint density at radius 1 is 0.303 bits per heavy atom. The molecule has 0 atom stereocenters. The van der Waals surface area contributed by atoms with Gasteiger partial charge in [0.1, 0.15) is 14.1 Å². The predicted molar refractivity (Wildman–Crippen MR) is 244 cm³/mol. The topological polar surface area (TPSA) is 15.5 Å². The highest BCUT2D eigenvalue weighted by Gasteiger charge is 2.34. The van der Waals surface area contributed by atoms with Crippen molar-refractivity contribution in [3.05, 3.63) is 217 Å². The summed E-state index contributed by atoms with van der Waals surface area (Å²) in [7, 11) is 3.87. The zero-order valence-electron chi connectivity index (χ0n) is 36.5. The first kappa shape index (κ1) is 43.5. The van der Waals surface area contributed by atoms with Gasteiger partial charge in [-0.3, -0.25) is 0 Å². The average molecular weight is 887 g/mol. The molecule has 0 aliphatic carbocycles. The number of aryl methyl sites for hydroxylation is 4. The molecular formula is C56H44F6N4+4. The van der Waals surface area contributed by atoms with E-state index in [9.17, 15) is 26.3 Å². The third kappa shape index (κ3) is 8.99. The van der Waals surface area contributed by atoms with Gasteiger partial charge in [0.05, 0.1) is 11.1 Å². The molecule has 0 spiro atoms. The van der Waals surface area contributed by atoms with E-state index in [1.165, 1.54) is 24.3 Å². The Morgan fingerprint density at radius 3 is 0.818 bits per heavy atom. The van der Waals surface area contributed by atoms with Crippen molar-refractivity contribution in [2.45, 2.75) is 26.2 Å². The first-order chi connectivity index (χ1) is 31.6. The number of nitrogens with zero attached hydrogens (tertiary/aromatic N) is 4. The lowest BCUT2D eigenvalue weighted by Crippen LogP contribution is -2.38. The van der Waals surface area contributed by atoms with E-state index < -0.39 is 23.5 Å². The summed E-state index contributed by atoms with van der Waals surface area (Å²) < 4.78 is 91.4. The van der Waals surface area contributed by atoms with E-state index >= 15 is 0 Å². The SMILES string of the molecule is Cc1ccc(-c2cc(-c3cc[n+](C)cc3)cc(-c3ccc(C)cc3)[n+]2-c2ccc(-[n+]3c(-c4ccc(C(F)(F)F)cc4)cc(-c4cc[n+](C)cc4)cc3-c3ccc(C(F)(F)F)cc3)cc2)cc1. The van der Waals surface area contributed by atoms with E-state index in [1.807, 2.05) is 101 Å². The number of rotatable bonds is 8. The second-order valence-electron chi connectivity index (χ2n) is 16.6. The Hall–Kier alpha value is -7.72. The smallest absolute Gasteiger partial charge is 0.208 e. The predicted octanol–water partition coefficient (Wildman–Crippen LogP) is 12.5. The van der Waals surface area contributed by atoms with E-state index in [4.69, 9.17) is 0 Å². The van der Waals surface area contributed by atoms with E-state index in [2.05, 4.69) is 91.2 Å². The third-order valence-corrected chi connectivity index (χ3v) is 11.8. The number of benzene rings is 5. The zero-order chi connectivity index (χ0) is 46.3. The van der Waals surface area contributed by atoms with E-state index in [-0.39, 0.29) is 0 Å². The Morgan fingerprint density at radius 2 is 0.561 bits per heavy atom. The van der Waals surface area contributed by atoms with Crippen molar-refractivity contribution < 1.29 is 44.6 Å². The van der Waals surface area contributed by atoms with Gasteiger partial charge in [0.15, 0.2) is 24.8 Å². The molecule has 4 nitrogen and oxygen atoms in total. The molecule has 0 bridgehead atoms. The Bertz CT molecular complexity index is 3030. The summed E-state index contributed by atoms with van der Waals surface area (Å²) in [6, 6.07) is 50.8.